The molecule has 0 aliphatic carbocycles. The lowest BCUT2D eigenvalue weighted by molar-refractivity contribution is 0.0540. The molecule has 0 saturated carbocycles. The van der Waals surface area contributed by atoms with Crippen LogP contribution in [0.15, 0.2) is 53.5 Å². The molecular formula is C27H24F3N3O6. The number of aromatic nitrogens is 2. The highest BCUT2D eigenvalue weighted by atomic mass is 19.2. The molecule has 0 spiro atoms. The molecule has 1 fully saturated rings. The summed E-state index contributed by atoms with van der Waals surface area (Å²) in [5.41, 5.74) is -0.972. The standard InChI is InChI=1S/C27H24F3N3O6/c1-37-11-12-38-27(36)39-25-20(34)14-31-33-23(19-9-4-10-32(19)26(35)24(25)33)21(15-5-2-6-16(28)13-15)17-7-3-8-18(29)22(17)30/h2-3,5-8,13-14,19,21,23H,4,9-12H2,1H3/t19-,21-,23-/m1/s1. The van der Waals surface area contributed by atoms with Gasteiger partial charge < -0.3 is 19.1 Å². The van der Waals surface area contributed by atoms with E-state index < -0.39 is 58.7 Å². The number of hydrogen-bond donors (Lipinski definition) is 0. The van der Waals surface area contributed by atoms with Gasteiger partial charge in [0.15, 0.2) is 17.3 Å². The minimum atomic E-state index is -1.23. The van der Waals surface area contributed by atoms with E-state index in [9.17, 15) is 23.2 Å². The Bertz CT molecular complexity index is 1480. The minimum Gasteiger partial charge on any atom is -0.432 e. The summed E-state index contributed by atoms with van der Waals surface area (Å²) in [6.45, 7) is 0.227. The third-order valence-corrected chi connectivity index (χ3v) is 6.97. The molecule has 5 rings (SSSR count). The van der Waals surface area contributed by atoms with Gasteiger partial charge in [-0.3, -0.25) is 9.59 Å². The van der Waals surface area contributed by atoms with Crippen LogP contribution in [0.1, 0.15) is 46.4 Å². The fourth-order valence-corrected chi connectivity index (χ4v) is 5.38. The molecule has 12 heteroatoms. The van der Waals surface area contributed by atoms with Gasteiger partial charge in [-0.05, 0) is 36.6 Å². The Kier molecular flexibility index (Phi) is 7.38. The van der Waals surface area contributed by atoms with Gasteiger partial charge in [0.1, 0.15) is 12.4 Å². The van der Waals surface area contributed by atoms with E-state index >= 15 is 4.39 Å². The van der Waals surface area contributed by atoms with Gasteiger partial charge in [0, 0.05) is 25.1 Å². The Morgan fingerprint density at radius 2 is 1.92 bits per heavy atom. The quantitative estimate of drug-likeness (QED) is 0.330. The van der Waals surface area contributed by atoms with Crippen LogP contribution in [0, 0.1) is 17.5 Å². The number of ether oxygens (including phenoxy) is 3. The normalized spacial score (nSPS) is 18.9. The molecule has 3 aromatic rings. The average Bonchev–Trinajstić information content (AvgIpc) is 3.40. The molecule has 1 saturated heterocycles. The Morgan fingerprint density at radius 3 is 2.69 bits per heavy atom. The van der Waals surface area contributed by atoms with Gasteiger partial charge in [-0.2, -0.15) is 5.10 Å². The van der Waals surface area contributed by atoms with E-state index in [0.29, 0.717) is 24.9 Å². The minimum absolute atomic E-state index is 0.0769. The number of carbonyl (C=O) groups is 2. The van der Waals surface area contributed by atoms with E-state index in [4.69, 9.17) is 14.2 Å². The third-order valence-electron chi connectivity index (χ3n) is 6.97. The summed E-state index contributed by atoms with van der Waals surface area (Å²) in [5.74, 6) is -5.08. The maximum atomic E-state index is 15.3. The zero-order chi connectivity index (χ0) is 27.7. The van der Waals surface area contributed by atoms with Crippen molar-refractivity contribution >= 4 is 12.1 Å². The maximum absolute atomic E-state index is 15.3. The smallest absolute Gasteiger partial charge is 0.432 e. The molecule has 0 radical (unpaired) electrons. The van der Waals surface area contributed by atoms with E-state index in [1.54, 1.807) is 6.07 Å². The SMILES string of the molecule is COCCOC(=O)Oc1c2n(ncc1=O)[C@@H]([C@H](c1cccc(F)c1)c1cccc(F)c1F)[C@H]1CCCN1C2=O. The largest absolute Gasteiger partial charge is 0.514 e. The molecule has 2 aromatic carbocycles. The zero-order valence-corrected chi connectivity index (χ0v) is 20.8. The second-order valence-electron chi connectivity index (χ2n) is 9.20. The summed E-state index contributed by atoms with van der Waals surface area (Å²) in [7, 11) is 1.40. The van der Waals surface area contributed by atoms with E-state index in [1.165, 1.54) is 47.0 Å². The first-order valence-corrected chi connectivity index (χ1v) is 12.3. The fraction of sp³-hybridized carbons (Fsp3) is 0.333. The first-order chi connectivity index (χ1) is 18.8. The lowest BCUT2D eigenvalue weighted by Gasteiger charge is -2.42. The zero-order valence-electron chi connectivity index (χ0n) is 20.8. The number of nitrogens with zero attached hydrogens (tertiary/aromatic N) is 3. The Morgan fingerprint density at radius 1 is 1.13 bits per heavy atom. The maximum Gasteiger partial charge on any atom is 0.514 e. The molecule has 204 valence electrons. The average molecular weight is 543 g/mol. The van der Waals surface area contributed by atoms with Crippen LogP contribution in [-0.4, -0.2) is 59.7 Å². The van der Waals surface area contributed by atoms with Crippen LogP contribution in [-0.2, 0) is 9.47 Å². The van der Waals surface area contributed by atoms with Gasteiger partial charge >= 0.3 is 6.16 Å². The van der Waals surface area contributed by atoms with Crippen LogP contribution >= 0.6 is 0 Å². The summed E-state index contributed by atoms with van der Waals surface area (Å²) < 4.78 is 60.3. The van der Waals surface area contributed by atoms with Gasteiger partial charge in [0.2, 0.25) is 11.2 Å². The number of rotatable bonds is 7. The predicted molar refractivity (Wildman–Crippen MR) is 130 cm³/mol. The lowest BCUT2D eigenvalue weighted by atomic mass is 9.79. The second kappa shape index (κ2) is 10.9. The van der Waals surface area contributed by atoms with Crippen LogP contribution in [0.2, 0.25) is 0 Å². The van der Waals surface area contributed by atoms with Crippen molar-refractivity contribution in [3.05, 3.63) is 93.2 Å². The first-order valence-electron chi connectivity index (χ1n) is 12.3. The fourth-order valence-electron chi connectivity index (χ4n) is 5.38. The van der Waals surface area contributed by atoms with Crippen molar-refractivity contribution in [2.75, 3.05) is 26.9 Å². The molecule has 39 heavy (non-hydrogen) atoms. The first kappa shape index (κ1) is 26.4. The molecule has 1 amide bonds. The third kappa shape index (κ3) is 4.87. The van der Waals surface area contributed by atoms with Crippen LogP contribution in [0.4, 0.5) is 18.0 Å². The van der Waals surface area contributed by atoms with Crippen molar-refractivity contribution < 1.29 is 37.0 Å². The van der Waals surface area contributed by atoms with Crippen LogP contribution in [0.25, 0.3) is 0 Å². The predicted octanol–water partition coefficient (Wildman–Crippen LogP) is 3.81. The summed E-state index contributed by atoms with van der Waals surface area (Å²) in [6, 6.07) is 7.67. The highest BCUT2D eigenvalue weighted by Crippen LogP contribution is 2.46. The van der Waals surface area contributed by atoms with E-state index in [0.717, 1.165) is 12.3 Å². The van der Waals surface area contributed by atoms with E-state index in [1.807, 2.05) is 0 Å². The molecule has 0 unspecified atom stereocenters. The number of hydrogen-bond acceptors (Lipinski definition) is 7. The Hall–Kier alpha value is -4.19. The molecule has 3 atom stereocenters. The number of halogens is 3. The summed E-state index contributed by atoms with van der Waals surface area (Å²) in [4.78, 5) is 40.2. The van der Waals surface area contributed by atoms with Gasteiger partial charge in [0.25, 0.3) is 5.91 Å². The summed E-state index contributed by atoms with van der Waals surface area (Å²) in [5, 5.41) is 4.20. The van der Waals surface area contributed by atoms with E-state index in [2.05, 4.69) is 5.10 Å². The molecule has 1 aromatic heterocycles. The van der Waals surface area contributed by atoms with Crippen molar-refractivity contribution in [2.45, 2.75) is 30.8 Å². The lowest BCUT2D eigenvalue weighted by Crippen LogP contribution is -2.51. The van der Waals surface area contributed by atoms with Gasteiger partial charge in [-0.25, -0.2) is 22.6 Å². The number of methoxy groups -OCH3 is 1. The topological polar surface area (TPSA) is 100.0 Å². The number of fused-ring (bicyclic) bond motifs is 2. The van der Waals surface area contributed by atoms with Gasteiger partial charge in [0.05, 0.1) is 24.9 Å². The van der Waals surface area contributed by atoms with Crippen LogP contribution in [0.3, 0.4) is 0 Å². The highest BCUT2D eigenvalue weighted by Gasteiger charge is 2.49. The summed E-state index contributed by atoms with van der Waals surface area (Å²) in [6.07, 6.45) is 0.713. The van der Waals surface area contributed by atoms with Gasteiger partial charge in [-0.1, -0.05) is 24.3 Å². The Balaban J connectivity index is 1.71. The van der Waals surface area contributed by atoms with Crippen molar-refractivity contribution in [1.82, 2.24) is 14.7 Å². The van der Waals surface area contributed by atoms with Crippen molar-refractivity contribution in [3.63, 3.8) is 0 Å². The highest BCUT2D eigenvalue weighted by molar-refractivity contribution is 5.97. The number of benzene rings is 2. The van der Waals surface area contributed by atoms with Crippen LogP contribution in [0.5, 0.6) is 5.75 Å². The van der Waals surface area contributed by atoms with Gasteiger partial charge in [-0.15, -0.1) is 0 Å². The van der Waals surface area contributed by atoms with Crippen molar-refractivity contribution in [3.8, 4) is 5.75 Å². The molecular weight excluding hydrogens is 519 g/mol. The van der Waals surface area contributed by atoms with Crippen LogP contribution < -0.4 is 10.2 Å². The van der Waals surface area contributed by atoms with Crippen molar-refractivity contribution in [2.24, 2.45) is 0 Å². The molecule has 2 aliphatic rings. The van der Waals surface area contributed by atoms with Crippen molar-refractivity contribution in [1.29, 1.82) is 0 Å². The van der Waals surface area contributed by atoms with E-state index in [-0.39, 0.29) is 24.5 Å². The second-order valence-corrected chi connectivity index (χ2v) is 9.20. The number of amides is 1. The molecule has 9 nitrogen and oxygen atoms in total. The summed E-state index contributed by atoms with van der Waals surface area (Å²) >= 11 is 0. The Labute approximate surface area is 220 Å². The molecule has 0 bridgehead atoms. The number of carbonyl (C=O) groups excluding carboxylic acids is 2. The molecule has 0 N–H and O–H groups in total. The molecule has 3 heterocycles. The monoisotopic (exact) mass is 543 g/mol. The molecule has 2 aliphatic heterocycles.